The fourth-order valence-corrected chi connectivity index (χ4v) is 2.27. The van der Waals surface area contributed by atoms with Gasteiger partial charge in [-0.05, 0) is 19.8 Å². The molecule has 1 unspecified atom stereocenters. The van der Waals surface area contributed by atoms with Crippen molar-refractivity contribution in [3.05, 3.63) is 11.8 Å². The molecule has 8 heteroatoms. The molecular formula is C12H17F3N4O. The minimum atomic E-state index is -4.53. The van der Waals surface area contributed by atoms with E-state index in [1.54, 1.807) is 11.8 Å². The zero-order chi connectivity index (χ0) is 15.0. The molecule has 1 saturated heterocycles. The first-order valence-electron chi connectivity index (χ1n) is 6.33. The predicted octanol–water partition coefficient (Wildman–Crippen LogP) is 1.89. The SMILES string of the molecule is CNc1nc(N2CCCC(C)(O)C2)cc(C(F)(F)F)n1. The Kier molecular flexibility index (Phi) is 3.77. The maximum absolute atomic E-state index is 12.8. The molecule has 0 radical (unpaired) electrons. The third-order valence-corrected chi connectivity index (χ3v) is 3.23. The summed E-state index contributed by atoms with van der Waals surface area (Å²) in [5.41, 5.74) is -1.90. The van der Waals surface area contributed by atoms with Gasteiger partial charge in [-0.1, -0.05) is 0 Å². The molecule has 1 fully saturated rings. The Balaban J connectivity index is 2.36. The highest BCUT2D eigenvalue weighted by atomic mass is 19.4. The summed E-state index contributed by atoms with van der Waals surface area (Å²) in [4.78, 5) is 9.12. The molecule has 0 aromatic carbocycles. The highest BCUT2D eigenvalue weighted by Gasteiger charge is 2.35. The van der Waals surface area contributed by atoms with Crippen molar-refractivity contribution in [1.29, 1.82) is 0 Å². The van der Waals surface area contributed by atoms with Crippen LogP contribution in [0.25, 0.3) is 0 Å². The molecule has 5 nitrogen and oxygen atoms in total. The van der Waals surface area contributed by atoms with Gasteiger partial charge in [-0.3, -0.25) is 0 Å². The maximum Gasteiger partial charge on any atom is 0.433 e. The minimum Gasteiger partial charge on any atom is -0.388 e. The van der Waals surface area contributed by atoms with E-state index in [1.165, 1.54) is 7.05 Å². The van der Waals surface area contributed by atoms with Crippen molar-refractivity contribution < 1.29 is 18.3 Å². The number of nitrogens with one attached hydrogen (secondary N) is 1. The number of anilines is 2. The number of hydrogen-bond acceptors (Lipinski definition) is 5. The molecular weight excluding hydrogens is 273 g/mol. The third-order valence-electron chi connectivity index (χ3n) is 3.23. The number of halogens is 3. The van der Waals surface area contributed by atoms with Gasteiger partial charge in [0.05, 0.1) is 5.60 Å². The van der Waals surface area contributed by atoms with Crippen molar-refractivity contribution in [2.45, 2.75) is 31.5 Å². The Hall–Kier alpha value is -1.57. The fourth-order valence-electron chi connectivity index (χ4n) is 2.27. The number of hydrogen-bond donors (Lipinski definition) is 2. The van der Waals surface area contributed by atoms with Crippen LogP contribution in [0.1, 0.15) is 25.5 Å². The smallest absolute Gasteiger partial charge is 0.388 e. The molecule has 1 atom stereocenters. The predicted molar refractivity (Wildman–Crippen MR) is 68.7 cm³/mol. The normalized spacial score (nSPS) is 23.8. The van der Waals surface area contributed by atoms with Crippen LogP contribution in [0.5, 0.6) is 0 Å². The molecule has 0 saturated carbocycles. The van der Waals surface area contributed by atoms with Crippen LogP contribution >= 0.6 is 0 Å². The second kappa shape index (κ2) is 5.08. The van der Waals surface area contributed by atoms with Gasteiger partial charge in [-0.15, -0.1) is 0 Å². The molecule has 2 heterocycles. The summed E-state index contributed by atoms with van der Waals surface area (Å²) in [6.07, 6.45) is -3.20. The standard InChI is InChI=1S/C12H17F3N4O/c1-11(20)4-3-5-19(7-11)9-6-8(12(13,14)15)17-10(16-2)18-9/h6,20H,3-5,7H2,1-2H3,(H,16,17,18). The van der Waals surface area contributed by atoms with Gasteiger partial charge in [0.25, 0.3) is 0 Å². The second-order valence-electron chi connectivity index (χ2n) is 5.20. The van der Waals surface area contributed by atoms with Gasteiger partial charge in [0, 0.05) is 26.2 Å². The zero-order valence-electron chi connectivity index (χ0n) is 11.3. The van der Waals surface area contributed by atoms with Crippen LogP contribution in [0, 0.1) is 0 Å². The molecule has 0 amide bonds. The number of β-amino-alcohol motifs (C(OH)–C–C–N with tert-alkyl or cyclic N) is 1. The number of piperidine rings is 1. The van der Waals surface area contributed by atoms with E-state index in [2.05, 4.69) is 15.3 Å². The van der Waals surface area contributed by atoms with Crippen molar-refractivity contribution in [3.8, 4) is 0 Å². The summed E-state index contributed by atoms with van der Waals surface area (Å²) < 4.78 is 38.5. The first kappa shape index (κ1) is 14.8. The van der Waals surface area contributed by atoms with Crippen LogP contribution in [-0.2, 0) is 6.18 Å². The van der Waals surface area contributed by atoms with Crippen molar-refractivity contribution in [2.24, 2.45) is 0 Å². The van der Waals surface area contributed by atoms with Gasteiger partial charge in [0.15, 0.2) is 5.69 Å². The summed E-state index contributed by atoms with van der Waals surface area (Å²) in [5.74, 6) is 0.0942. The third kappa shape index (κ3) is 3.30. The lowest BCUT2D eigenvalue weighted by atomic mass is 9.95. The fraction of sp³-hybridized carbons (Fsp3) is 0.667. The molecule has 1 aliphatic rings. The summed E-state index contributed by atoms with van der Waals surface area (Å²) in [6, 6.07) is 0.919. The highest BCUT2D eigenvalue weighted by Crippen LogP contribution is 2.32. The van der Waals surface area contributed by atoms with Crippen LogP contribution in [0.3, 0.4) is 0 Å². The molecule has 1 aromatic rings. The molecule has 1 aromatic heterocycles. The first-order valence-corrected chi connectivity index (χ1v) is 6.33. The summed E-state index contributed by atoms with van der Waals surface area (Å²) in [7, 11) is 1.46. The Morgan fingerprint density at radius 3 is 2.65 bits per heavy atom. The van der Waals surface area contributed by atoms with Crippen LogP contribution in [0.15, 0.2) is 6.07 Å². The molecule has 20 heavy (non-hydrogen) atoms. The highest BCUT2D eigenvalue weighted by molar-refractivity contribution is 5.46. The average Bonchev–Trinajstić information content (AvgIpc) is 2.36. The van der Waals surface area contributed by atoms with Gasteiger partial charge in [0.1, 0.15) is 5.82 Å². The zero-order valence-corrected chi connectivity index (χ0v) is 11.3. The topological polar surface area (TPSA) is 61.3 Å². The van der Waals surface area contributed by atoms with Gasteiger partial charge < -0.3 is 15.3 Å². The molecule has 112 valence electrons. The van der Waals surface area contributed by atoms with Crippen molar-refractivity contribution >= 4 is 11.8 Å². The maximum atomic E-state index is 12.8. The van der Waals surface area contributed by atoms with E-state index >= 15 is 0 Å². The molecule has 0 spiro atoms. The first-order chi connectivity index (χ1) is 9.21. The Morgan fingerprint density at radius 1 is 1.40 bits per heavy atom. The number of rotatable bonds is 2. The lowest BCUT2D eigenvalue weighted by Crippen LogP contribution is -2.46. The van der Waals surface area contributed by atoms with Crippen molar-refractivity contribution in [3.63, 3.8) is 0 Å². The van der Waals surface area contributed by atoms with E-state index in [4.69, 9.17) is 0 Å². The number of alkyl halides is 3. The van der Waals surface area contributed by atoms with E-state index in [9.17, 15) is 18.3 Å². The van der Waals surface area contributed by atoms with Crippen LogP contribution in [0.4, 0.5) is 24.9 Å². The van der Waals surface area contributed by atoms with E-state index in [-0.39, 0.29) is 18.3 Å². The van der Waals surface area contributed by atoms with E-state index in [0.29, 0.717) is 19.4 Å². The van der Waals surface area contributed by atoms with Gasteiger partial charge in [0.2, 0.25) is 5.95 Å². The quantitative estimate of drug-likeness (QED) is 0.871. The number of nitrogens with zero attached hydrogens (tertiary/aromatic N) is 3. The molecule has 2 N–H and O–H groups in total. The minimum absolute atomic E-state index is 0.0833. The summed E-state index contributed by atoms with van der Waals surface area (Å²) >= 11 is 0. The lowest BCUT2D eigenvalue weighted by Gasteiger charge is -2.37. The second-order valence-corrected chi connectivity index (χ2v) is 5.20. The van der Waals surface area contributed by atoms with Crippen molar-refractivity contribution in [1.82, 2.24) is 9.97 Å². The van der Waals surface area contributed by atoms with Crippen LogP contribution < -0.4 is 10.2 Å². The van der Waals surface area contributed by atoms with Crippen LogP contribution in [0.2, 0.25) is 0 Å². The van der Waals surface area contributed by atoms with E-state index < -0.39 is 17.5 Å². The summed E-state index contributed by atoms with van der Waals surface area (Å²) in [5, 5.41) is 12.6. The Bertz CT molecular complexity index is 490. The van der Waals surface area contributed by atoms with Gasteiger partial charge in [-0.2, -0.15) is 18.2 Å². The van der Waals surface area contributed by atoms with Gasteiger partial charge in [-0.25, -0.2) is 4.98 Å². The van der Waals surface area contributed by atoms with E-state index in [0.717, 1.165) is 6.07 Å². The molecule has 0 bridgehead atoms. The molecule has 1 aliphatic heterocycles. The molecule has 2 rings (SSSR count). The monoisotopic (exact) mass is 290 g/mol. The van der Waals surface area contributed by atoms with Gasteiger partial charge >= 0.3 is 6.18 Å². The summed E-state index contributed by atoms with van der Waals surface area (Å²) in [6.45, 7) is 2.49. The van der Waals surface area contributed by atoms with Crippen LogP contribution in [-0.4, -0.2) is 40.8 Å². The Labute approximate surface area is 114 Å². The Morgan fingerprint density at radius 2 is 2.10 bits per heavy atom. The number of aromatic nitrogens is 2. The average molecular weight is 290 g/mol. The van der Waals surface area contributed by atoms with E-state index in [1.807, 2.05) is 0 Å². The van der Waals surface area contributed by atoms with Crippen molar-refractivity contribution in [2.75, 3.05) is 30.4 Å². The molecule has 0 aliphatic carbocycles. The largest absolute Gasteiger partial charge is 0.433 e. The lowest BCUT2D eigenvalue weighted by molar-refractivity contribution is -0.141. The number of aliphatic hydroxyl groups is 1.